The lowest BCUT2D eigenvalue weighted by Gasteiger charge is -2.14. The molecule has 0 bridgehead atoms. The van der Waals surface area contributed by atoms with E-state index in [2.05, 4.69) is 4.90 Å². The summed E-state index contributed by atoms with van der Waals surface area (Å²) in [6.07, 6.45) is -2.38. The second kappa shape index (κ2) is 5.42. The Kier molecular flexibility index (Phi) is 3.91. The number of fused-ring (bicyclic) bond motifs is 1. The van der Waals surface area contributed by atoms with Gasteiger partial charge < -0.3 is 10.5 Å². The Balaban J connectivity index is 1.76. The van der Waals surface area contributed by atoms with Crippen LogP contribution in [0.4, 0.5) is 14.5 Å². The van der Waals surface area contributed by atoms with Crippen molar-refractivity contribution in [2.75, 3.05) is 25.5 Å². The second-order valence-corrected chi connectivity index (χ2v) is 4.20. The van der Waals surface area contributed by atoms with Crippen molar-refractivity contribution in [1.82, 2.24) is 4.90 Å². The maximum Gasteiger partial charge on any atom is 0.261 e. The molecule has 0 atom stereocenters. The minimum Gasteiger partial charge on any atom is -0.399 e. The summed E-state index contributed by atoms with van der Waals surface area (Å²) in [7, 11) is 0. The number of rotatable bonds is 5. The van der Waals surface area contributed by atoms with Crippen molar-refractivity contribution in [3.05, 3.63) is 29.3 Å². The van der Waals surface area contributed by atoms with Crippen LogP contribution in [0, 0.1) is 0 Å². The summed E-state index contributed by atoms with van der Waals surface area (Å²) >= 11 is 0. The van der Waals surface area contributed by atoms with Crippen LogP contribution in [0.5, 0.6) is 0 Å². The maximum atomic E-state index is 11.8. The van der Waals surface area contributed by atoms with Crippen LogP contribution in [0.25, 0.3) is 0 Å². The van der Waals surface area contributed by atoms with Crippen LogP contribution in [0.2, 0.25) is 0 Å². The second-order valence-electron chi connectivity index (χ2n) is 4.20. The molecular formula is C12H16F2N2O. The number of benzene rings is 1. The Morgan fingerprint density at radius 3 is 2.82 bits per heavy atom. The molecule has 0 aliphatic carbocycles. The fourth-order valence-corrected chi connectivity index (χ4v) is 2.01. The summed E-state index contributed by atoms with van der Waals surface area (Å²) in [5.41, 5.74) is 8.95. The molecule has 0 saturated heterocycles. The zero-order valence-corrected chi connectivity index (χ0v) is 9.53. The first kappa shape index (κ1) is 12.3. The molecule has 2 rings (SSSR count). The first-order valence-electron chi connectivity index (χ1n) is 5.60. The van der Waals surface area contributed by atoms with Gasteiger partial charge in [-0.25, -0.2) is 8.78 Å². The van der Waals surface area contributed by atoms with E-state index in [0.29, 0.717) is 13.2 Å². The highest BCUT2D eigenvalue weighted by Gasteiger charge is 2.18. The van der Waals surface area contributed by atoms with Crippen molar-refractivity contribution in [3.8, 4) is 0 Å². The zero-order valence-electron chi connectivity index (χ0n) is 9.53. The molecule has 1 heterocycles. The van der Waals surface area contributed by atoms with E-state index in [4.69, 9.17) is 10.5 Å². The van der Waals surface area contributed by atoms with Gasteiger partial charge in [0.25, 0.3) is 6.43 Å². The van der Waals surface area contributed by atoms with Crippen LogP contribution < -0.4 is 5.73 Å². The number of hydrogen-bond acceptors (Lipinski definition) is 3. The van der Waals surface area contributed by atoms with Crippen molar-refractivity contribution in [3.63, 3.8) is 0 Å². The predicted octanol–water partition coefficient (Wildman–Crippen LogP) is 1.87. The standard InChI is InChI=1S/C12H16F2N2O/c13-12(14)8-17-4-3-16-6-9-1-2-11(15)5-10(9)7-16/h1-2,5,12H,3-4,6-8,15H2. The first-order chi connectivity index (χ1) is 8.15. The maximum absolute atomic E-state index is 11.8. The summed E-state index contributed by atoms with van der Waals surface area (Å²) in [6, 6.07) is 5.87. The van der Waals surface area contributed by atoms with Crippen LogP contribution in [0.3, 0.4) is 0 Å². The minimum atomic E-state index is -2.38. The number of ether oxygens (including phenoxy) is 1. The van der Waals surface area contributed by atoms with Crippen molar-refractivity contribution < 1.29 is 13.5 Å². The average molecular weight is 242 g/mol. The third kappa shape index (κ3) is 3.38. The minimum absolute atomic E-state index is 0.341. The molecule has 2 N–H and O–H groups in total. The van der Waals surface area contributed by atoms with Crippen LogP contribution in [-0.4, -0.2) is 31.1 Å². The molecular weight excluding hydrogens is 226 g/mol. The molecule has 0 aromatic heterocycles. The van der Waals surface area contributed by atoms with Crippen LogP contribution >= 0.6 is 0 Å². The molecule has 0 fully saturated rings. The molecule has 0 radical (unpaired) electrons. The highest BCUT2D eigenvalue weighted by molar-refractivity contribution is 5.46. The van der Waals surface area contributed by atoms with Crippen molar-refractivity contribution in [1.29, 1.82) is 0 Å². The molecule has 3 nitrogen and oxygen atoms in total. The predicted molar refractivity (Wildman–Crippen MR) is 61.8 cm³/mol. The van der Waals surface area contributed by atoms with E-state index < -0.39 is 13.0 Å². The summed E-state index contributed by atoms with van der Waals surface area (Å²) in [5.74, 6) is 0. The number of hydrogen-bond donors (Lipinski definition) is 1. The van der Waals surface area contributed by atoms with Gasteiger partial charge >= 0.3 is 0 Å². The van der Waals surface area contributed by atoms with Crippen molar-refractivity contribution >= 4 is 5.69 Å². The van der Waals surface area contributed by atoms with Gasteiger partial charge in [-0.1, -0.05) is 6.07 Å². The number of nitrogens with two attached hydrogens (primary N) is 1. The number of nitrogens with zero attached hydrogens (tertiary/aromatic N) is 1. The van der Waals surface area contributed by atoms with Gasteiger partial charge in [0.15, 0.2) is 0 Å². The van der Waals surface area contributed by atoms with Gasteiger partial charge in [-0.2, -0.15) is 0 Å². The van der Waals surface area contributed by atoms with Crippen LogP contribution in [0.1, 0.15) is 11.1 Å². The zero-order chi connectivity index (χ0) is 12.3. The van der Waals surface area contributed by atoms with Crippen molar-refractivity contribution in [2.45, 2.75) is 19.5 Å². The third-order valence-corrected chi connectivity index (χ3v) is 2.81. The highest BCUT2D eigenvalue weighted by Crippen LogP contribution is 2.24. The smallest absolute Gasteiger partial charge is 0.261 e. The van der Waals surface area contributed by atoms with Crippen molar-refractivity contribution in [2.24, 2.45) is 0 Å². The fraction of sp³-hybridized carbons (Fsp3) is 0.500. The molecule has 17 heavy (non-hydrogen) atoms. The molecule has 5 heteroatoms. The van der Waals surface area contributed by atoms with Crippen LogP contribution in [0.15, 0.2) is 18.2 Å². The van der Waals surface area contributed by atoms with E-state index in [1.807, 2.05) is 18.2 Å². The van der Waals surface area contributed by atoms with Gasteiger partial charge in [0.2, 0.25) is 0 Å². The Morgan fingerprint density at radius 1 is 1.29 bits per heavy atom. The largest absolute Gasteiger partial charge is 0.399 e. The van der Waals surface area contributed by atoms with E-state index in [1.165, 1.54) is 11.1 Å². The van der Waals surface area contributed by atoms with E-state index in [1.54, 1.807) is 0 Å². The summed E-state index contributed by atoms with van der Waals surface area (Å²) < 4.78 is 28.5. The Labute approximate surface area is 99.2 Å². The van der Waals surface area contributed by atoms with Gasteiger partial charge in [-0.3, -0.25) is 4.90 Å². The normalized spacial score (nSPS) is 15.5. The monoisotopic (exact) mass is 242 g/mol. The van der Waals surface area contributed by atoms with Gasteiger partial charge in [0, 0.05) is 25.3 Å². The molecule has 1 aromatic rings. The van der Waals surface area contributed by atoms with Gasteiger partial charge in [-0.05, 0) is 23.3 Å². The first-order valence-corrected chi connectivity index (χ1v) is 5.60. The molecule has 0 saturated carbocycles. The number of anilines is 1. The SMILES string of the molecule is Nc1ccc2c(c1)CN(CCOCC(F)F)C2. The van der Waals surface area contributed by atoms with E-state index in [-0.39, 0.29) is 0 Å². The van der Waals surface area contributed by atoms with E-state index >= 15 is 0 Å². The molecule has 1 aromatic carbocycles. The summed E-state index contributed by atoms with van der Waals surface area (Å²) in [5, 5.41) is 0. The van der Waals surface area contributed by atoms with Gasteiger partial charge in [0.1, 0.15) is 6.61 Å². The Bertz CT molecular complexity index is 385. The fourth-order valence-electron chi connectivity index (χ4n) is 2.01. The third-order valence-electron chi connectivity index (χ3n) is 2.81. The molecule has 1 aliphatic heterocycles. The Hall–Kier alpha value is -1.20. The van der Waals surface area contributed by atoms with E-state index in [9.17, 15) is 8.78 Å². The number of nitrogen functional groups attached to an aromatic ring is 1. The molecule has 0 amide bonds. The van der Waals surface area contributed by atoms with Crippen LogP contribution in [-0.2, 0) is 17.8 Å². The molecule has 94 valence electrons. The lowest BCUT2D eigenvalue weighted by atomic mass is 10.1. The Morgan fingerprint density at radius 2 is 2.06 bits per heavy atom. The summed E-state index contributed by atoms with van der Waals surface area (Å²) in [6.45, 7) is 2.19. The quantitative estimate of drug-likeness (QED) is 0.632. The van der Waals surface area contributed by atoms with E-state index in [0.717, 1.165) is 18.8 Å². The molecule has 0 unspecified atom stereocenters. The highest BCUT2D eigenvalue weighted by atomic mass is 19.3. The number of alkyl halides is 2. The van der Waals surface area contributed by atoms with Gasteiger partial charge in [0.05, 0.1) is 6.61 Å². The topological polar surface area (TPSA) is 38.5 Å². The summed E-state index contributed by atoms with van der Waals surface area (Å²) in [4.78, 5) is 2.16. The lowest BCUT2D eigenvalue weighted by Crippen LogP contribution is -2.22. The molecule has 0 spiro atoms. The number of halogens is 2. The molecule has 1 aliphatic rings. The van der Waals surface area contributed by atoms with Gasteiger partial charge in [-0.15, -0.1) is 0 Å². The lowest BCUT2D eigenvalue weighted by molar-refractivity contribution is 0.00941. The average Bonchev–Trinajstić information content (AvgIpc) is 2.66.